The molecule has 0 aromatic heterocycles. The van der Waals surface area contributed by atoms with E-state index in [0.29, 0.717) is 11.3 Å². The lowest BCUT2D eigenvalue weighted by Gasteiger charge is -2.02. The van der Waals surface area contributed by atoms with Gasteiger partial charge in [0.1, 0.15) is 5.75 Å². The first-order valence-electron chi connectivity index (χ1n) is 4.45. The van der Waals surface area contributed by atoms with Gasteiger partial charge in [-0.15, -0.1) is 0 Å². The maximum Gasteiger partial charge on any atom is 0.205 e. The van der Waals surface area contributed by atoms with Crippen molar-refractivity contribution in [1.29, 1.82) is 0 Å². The van der Waals surface area contributed by atoms with E-state index < -0.39 is 5.78 Å². The van der Waals surface area contributed by atoms with Gasteiger partial charge in [-0.05, 0) is 12.1 Å². The van der Waals surface area contributed by atoms with E-state index in [-0.39, 0.29) is 18.0 Å². The van der Waals surface area contributed by atoms with Gasteiger partial charge < -0.3 is 10.5 Å². The number of fused-ring (bicyclic) bond motifs is 1. The Morgan fingerprint density at radius 2 is 2.00 bits per heavy atom. The van der Waals surface area contributed by atoms with Crippen LogP contribution < -0.4 is 10.5 Å². The first-order valence-corrected chi connectivity index (χ1v) is 4.45. The molecule has 4 heteroatoms. The molecular formula is C11H9NO3. The van der Waals surface area contributed by atoms with Crippen LogP contribution in [-0.4, -0.2) is 18.2 Å². The zero-order valence-electron chi connectivity index (χ0n) is 7.90. The summed E-state index contributed by atoms with van der Waals surface area (Å²) in [7, 11) is 0. The van der Waals surface area contributed by atoms with E-state index in [1.165, 1.54) is 0 Å². The third-order valence-corrected chi connectivity index (χ3v) is 2.20. The van der Waals surface area contributed by atoms with E-state index in [1.807, 2.05) is 0 Å². The summed E-state index contributed by atoms with van der Waals surface area (Å²) in [6.07, 6.45) is 1.04. The first-order chi connectivity index (χ1) is 7.24. The van der Waals surface area contributed by atoms with Gasteiger partial charge in [-0.25, -0.2) is 0 Å². The molecule has 76 valence electrons. The van der Waals surface area contributed by atoms with E-state index in [9.17, 15) is 9.59 Å². The standard InChI is InChI=1S/C11H9NO3/c12-5-8-9(13)6-15-10-4-2-1-3-7(10)11(8)14/h1-5H,6,12H2/b8-5+. The van der Waals surface area contributed by atoms with E-state index in [4.69, 9.17) is 10.5 Å². The molecule has 1 aliphatic heterocycles. The second-order valence-corrected chi connectivity index (χ2v) is 3.12. The maximum absolute atomic E-state index is 11.8. The molecule has 2 rings (SSSR count). The molecular weight excluding hydrogens is 194 g/mol. The molecule has 2 N–H and O–H groups in total. The summed E-state index contributed by atoms with van der Waals surface area (Å²) in [4.78, 5) is 23.3. The van der Waals surface area contributed by atoms with Gasteiger partial charge in [-0.1, -0.05) is 12.1 Å². The summed E-state index contributed by atoms with van der Waals surface area (Å²) < 4.78 is 5.20. The first kappa shape index (κ1) is 9.45. The third-order valence-electron chi connectivity index (χ3n) is 2.20. The highest BCUT2D eigenvalue weighted by Gasteiger charge is 2.26. The number of carbonyl (C=O) groups excluding carboxylic acids is 2. The van der Waals surface area contributed by atoms with Crippen LogP contribution in [0.1, 0.15) is 10.4 Å². The van der Waals surface area contributed by atoms with Crippen molar-refractivity contribution in [3.63, 3.8) is 0 Å². The fourth-order valence-corrected chi connectivity index (χ4v) is 1.44. The number of carbonyl (C=O) groups is 2. The molecule has 0 amide bonds. The smallest absolute Gasteiger partial charge is 0.205 e. The van der Waals surface area contributed by atoms with Crippen molar-refractivity contribution in [3.8, 4) is 5.75 Å². The normalized spacial score (nSPS) is 18.3. The van der Waals surface area contributed by atoms with Crippen molar-refractivity contribution in [3.05, 3.63) is 41.6 Å². The van der Waals surface area contributed by atoms with Crippen LogP contribution in [0.5, 0.6) is 5.75 Å². The fourth-order valence-electron chi connectivity index (χ4n) is 1.44. The van der Waals surface area contributed by atoms with Crippen molar-refractivity contribution < 1.29 is 14.3 Å². The SMILES string of the molecule is N/C=C1\C(=O)COc2ccccc2C1=O. The summed E-state index contributed by atoms with van der Waals surface area (Å²) in [5, 5.41) is 0. The highest BCUT2D eigenvalue weighted by molar-refractivity contribution is 6.28. The van der Waals surface area contributed by atoms with E-state index in [1.54, 1.807) is 24.3 Å². The van der Waals surface area contributed by atoms with Gasteiger partial charge in [0.05, 0.1) is 11.1 Å². The molecule has 1 aromatic carbocycles. The topological polar surface area (TPSA) is 69.4 Å². The predicted molar refractivity (Wildman–Crippen MR) is 53.5 cm³/mol. The lowest BCUT2D eigenvalue weighted by molar-refractivity contribution is -0.117. The van der Waals surface area contributed by atoms with E-state index in [0.717, 1.165) is 6.20 Å². The summed E-state index contributed by atoms with van der Waals surface area (Å²) in [6.45, 7) is -0.147. The Hall–Kier alpha value is -2.10. The molecule has 0 spiro atoms. The molecule has 15 heavy (non-hydrogen) atoms. The number of Topliss-reactive ketones (excluding diaryl/α,β-unsaturated/α-hetero) is 2. The third kappa shape index (κ3) is 1.50. The molecule has 0 fully saturated rings. The van der Waals surface area contributed by atoms with Gasteiger partial charge >= 0.3 is 0 Å². The second kappa shape index (κ2) is 3.57. The Morgan fingerprint density at radius 1 is 1.27 bits per heavy atom. The Balaban J connectivity index is 2.57. The van der Waals surface area contributed by atoms with Crippen LogP contribution in [0.3, 0.4) is 0 Å². The molecule has 0 unspecified atom stereocenters. The number of benzene rings is 1. The highest BCUT2D eigenvalue weighted by atomic mass is 16.5. The minimum Gasteiger partial charge on any atom is -0.485 e. The van der Waals surface area contributed by atoms with Crippen LogP contribution >= 0.6 is 0 Å². The zero-order chi connectivity index (χ0) is 10.8. The molecule has 0 bridgehead atoms. The van der Waals surface area contributed by atoms with E-state index >= 15 is 0 Å². The molecule has 1 aromatic rings. The lowest BCUT2D eigenvalue weighted by Crippen LogP contribution is -2.16. The molecule has 0 saturated heterocycles. The zero-order valence-corrected chi connectivity index (χ0v) is 7.90. The van der Waals surface area contributed by atoms with Crippen molar-refractivity contribution in [1.82, 2.24) is 0 Å². The van der Waals surface area contributed by atoms with Crippen LogP contribution in [0.25, 0.3) is 0 Å². The summed E-state index contributed by atoms with van der Waals surface area (Å²) >= 11 is 0. The molecule has 0 aliphatic carbocycles. The van der Waals surface area contributed by atoms with Crippen LogP contribution in [0.15, 0.2) is 36.0 Å². The van der Waals surface area contributed by atoms with Gasteiger partial charge in [0, 0.05) is 6.20 Å². The molecule has 0 saturated carbocycles. The van der Waals surface area contributed by atoms with Gasteiger partial charge in [-0.3, -0.25) is 9.59 Å². The number of ketones is 2. The van der Waals surface area contributed by atoms with E-state index in [2.05, 4.69) is 0 Å². The Kier molecular flexibility index (Phi) is 2.25. The van der Waals surface area contributed by atoms with Crippen LogP contribution in [-0.2, 0) is 4.79 Å². The molecule has 0 atom stereocenters. The average molecular weight is 203 g/mol. The Labute approximate surface area is 86.3 Å². The Bertz CT molecular complexity index is 463. The van der Waals surface area contributed by atoms with Crippen LogP contribution in [0, 0.1) is 0 Å². The van der Waals surface area contributed by atoms with Gasteiger partial charge in [0.15, 0.2) is 6.61 Å². The molecule has 1 aliphatic rings. The van der Waals surface area contributed by atoms with Crippen LogP contribution in [0.4, 0.5) is 0 Å². The van der Waals surface area contributed by atoms with Crippen molar-refractivity contribution in [2.75, 3.05) is 6.61 Å². The summed E-state index contributed by atoms with van der Waals surface area (Å²) in [5.74, 6) is -0.345. The molecule has 4 nitrogen and oxygen atoms in total. The summed E-state index contributed by atoms with van der Waals surface area (Å²) in [5.41, 5.74) is 5.61. The quantitative estimate of drug-likeness (QED) is 0.497. The molecule has 0 radical (unpaired) electrons. The van der Waals surface area contributed by atoms with Crippen molar-refractivity contribution in [2.45, 2.75) is 0 Å². The number of ether oxygens (including phenoxy) is 1. The van der Waals surface area contributed by atoms with Crippen molar-refractivity contribution >= 4 is 11.6 Å². The van der Waals surface area contributed by atoms with Crippen molar-refractivity contribution in [2.24, 2.45) is 5.73 Å². The predicted octanol–water partition coefficient (Wildman–Crippen LogP) is 0.673. The Morgan fingerprint density at radius 3 is 2.73 bits per heavy atom. The number of hydrogen-bond donors (Lipinski definition) is 1. The summed E-state index contributed by atoms with van der Waals surface area (Å²) in [6, 6.07) is 6.72. The highest BCUT2D eigenvalue weighted by Crippen LogP contribution is 2.24. The van der Waals surface area contributed by atoms with Gasteiger partial charge in [-0.2, -0.15) is 0 Å². The number of nitrogens with two attached hydrogens (primary N) is 1. The number of hydrogen-bond acceptors (Lipinski definition) is 4. The maximum atomic E-state index is 11.8. The fraction of sp³-hybridized carbons (Fsp3) is 0.0909. The number of rotatable bonds is 0. The average Bonchev–Trinajstić information content (AvgIpc) is 2.38. The number of para-hydroxylation sites is 1. The second-order valence-electron chi connectivity index (χ2n) is 3.12. The minimum atomic E-state index is -0.390. The minimum absolute atomic E-state index is 0.0139. The monoisotopic (exact) mass is 203 g/mol. The van der Waals surface area contributed by atoms with Gasteiger partial charge in [0.25, 0.3) is 0 Å². The molecule has 1 heterocycles. The van der Waals surface area contributed by atoms with Crippen LogP contribution in [0.2, 0.25) is 0 Å². The largest absolute Gasteiger partial charge is 0.485 e. The van der Waals surface area contributed by atoms with Gasteiger partial charge in [0.2, 0.25) is 11.6 Å². The lowest BCUT2D eigenvalue weighted by atomic mass is 10.0.